The second-order valence-corrected chi connectivity index (χ2v) is 6.61. The summed E-state index contributed by atoms with van der Waals surface area (Å²) in [6, 6.07) is 17.0. The molecule has 0 bridgehead atoms. The summed E-state index contributed by atoms with van der Waals surface area (Å²) >= 11 is 6.02. The van der Waals surface area contributed by atoms with E-state index in [2.05, 4.69) is 5.32 Å². The molecule has 4 nitrogen and oxygen atoms in total. The lowest BCUT2D eigenvalue weighted by Crippen LogP contribution is -2.58. The lowest BCUT2D eigenvalue weighted by molar-refractivity contribution is -0.169. The number of halogens is 1. The second kappa shape index (κ2) is 6.83. The van der Waals surface area contributed by atoms with Gasteiger partial charge in [-0.3, -0.25) is 4.79 Å². The number of carbonyl (C=O) groups excluding carboxylic acids is 1. The van der Waals surface area contributed by atoms with Gasteiger partial charge in [0.05, 0.1) is 12.6 Å². The molecule has 1 fully saturated rings. The molecule has 1 N–H and O–H groups in total. The Morgan fingerprint density at radius 1 is 1.17 bits per heavy atom. The minimum atomic E-state index is -0.989. The minimum Gasteiger partial charge on any atom is -0.375 e. The van der Waals surface area contributed by atoms with Crippen molar-refractivity contribution in [2.75, 3.05) is 25.5 Å². The van der Waals surface area contributed by atoms with Crippen LogP contribution in [0.3, 0.4) is 0 Å². The van der Waals surface area contributed by atoms with Gasteiger partial charge in [0.2, 0.25) is 0 Å². The molecule has 1 saturated heterocycles. The molecule has 0 saturated carbocycles. The van der Waals surface area contributed by atoms with Gasteiger partial charge < -0.3 is 15.0 Å². The van der Waals surface area contributed by atoms with Crippen molar-refractivity contribution < 1.29 is 9.53 Å². The Labute approximate surface area is 147 Å². The van der Waals surface area contributed by atoms with Crippen LogP contribution < -0.4 is 5.32 Å². The van der Waals surface area contributed by atoms with E-state index < -0.39 is 5.60 Å². The Morgan fingerprint density at radius 3 is 2.50 bits per heavy atom. The first kappa shape index (κ1) is 16.8. The van der Waals surface area contributed by atoms with Crippen molar-refractivity contribution in [2.45, 2.75) is 18.6 Å². The number of ether oxygens (including phenoxy) is 1. The summed E-state index contributed by atoms with van der Waals surface area (Å²) in [5, 5.41) is 4.12. The maximum absolute atomic E-state index is 12.9. The molecule has 3 rings (SSSR count). The van der Waals surface area contributed by atoms with Crippen molar-refractivity contribution in [3.8, 4) is 0 Å². The molecule has 2 atom stereocenters. The third-order valence-electron chi connectivity index (χ3n) is 4.44. The third kappa shape index (κ3) is 3.25. The van der Waals surface area contributed by atoms with Gasteiger partial charge in [-0.15, -0.1) is 0 Å². The van der Waals surface area contributed by atoms with Gasteiger partial charge in [0.25, 0.3) is 5.91 Å². The Balaban J connectivity index is 2.00. The third-order valence-corrected chi connectivity index (χ3v) is 4.69. The fourth-order valence-electron chi connectivity index (χ4n) is 3.04. The van der Waals surface area contributed by atoms with E-state index in [0.717, 1.165) is 11.3 Å². The molecule has 0 unspecified atom stereocenters. The van der Waals surface area contributed by atoms with Crippen LogP contribution in [0.1, 0.15) is 18.5 Å². The zero-order valence-corrected chi connectivity index (χ0v) is 14.6. The van der Waals surface area contributed by atoms with Gasteiger partial charge in [-0.25, -0.2) is 0 Å². The van der Waals surface area contributed by atoms with Crippen LogP contribution >= 0.6 is 11.6 Å². The van der Waals surface area contributed by atoms with Crippen LogP contribution in [-0.4, -0.2) is 36.6 Å². The van der Waals surface area contributed by atoms with E-state index in [4.69, 9.17) is 16.3 Å². The zero-order chi connectivity index (χ0) is 17.2. The van der Waals surface area contributed by atoms with Crippen molar-refractivity contribution in [2.24, 2.45) is 0 Å². The van der Waals surface area contributed by atoms with Crippen LogP contribution in [0.2, 0.25) is 5.02 Å². The fraction of sp³-hybridized carbons (Fsp3) is 0.316. The van der Waals surface area contributed by atoms with Crippen LogP contribution in [0.15, 0.2) is 54.6 Å². The largest absolute Gasteiger partial charge is 0.375 e. The number of nitrogens with zero attached hydrogens (tertiary/aromatic N) is 1. The summed E-state index contributed by atoms with van der Waals surface area (Å²) in [7, 11) is 1.81. The lowest BCUT2D eigenvalue weighted by atomic mass is 9.87. The zero-order valence-electron chi connectivity index (χ0n) is 13.8. The number of anilines is 1. The number of hydrogen-bond donors (Lipinski definition) is 1. The smallest absolute Gasteiger partial charge is 0.256 e. The number of carbonyl (C=O) groups is 1. The average molecular weight is 345 g/mol. The quantitative estimate of drug-likeness (QED) is 0.918. The van der Waals surface area contributed by atoms with Gasteiger partial charge in [-0.1, -0.05) is 41.9 Å². The number of likely N-dealkylation sites (N-methyl/N-ethyl adjacent to an activating group) is 1. The van der Waals surface area contributed by atoms with Crippen LogP contribution in [-0.2, 0) is 9.53 Å². The highest BCUT2D eigenvalue weighted by atomic mass is 35.5. The summed E-state index contributed by atoms with van der Waals surface area (Å²) < 4.78 is 5.98. The summed E-state index contributed by atoms with van der Waals surface area (Å²) in [6.45, 7) is 2.96. The molecule has 1 amide bonds. The van der Waals surface area contributed by atoms with Crippen LogP contribution in [0.25, 0.3) is 0 Å². The Kier molecular flexibility index (Phi) is 4.78. The normalized spacial score (nSPS) is 22.3. The van der Waals surface area contributed by atoms with Crippen molar-refractivity contribution in [1.29, 1.82) is 0 Å². The standard InChI is InChI=1S/C19H21ClN2O2/c1-19(18(23)22(2)12-13-24-19)17(14-8-10-15(20)11-9-14)21-16-6-4-3-5-7-16/h3-11,17,21H,12-13H2,1-2H3/t17-,19+/m1/s1. The van der Waals surface area contributed by atoms with Gasteiger partial charge in [0, 0.05) is 24.3 Å². The highest BCUT2D eigenvalue weighted by Crippen LogP contribution is 2.36. The van der Waals surface area contributed by atoms with Gasteiger partial charge in [-0.2, -0.15) is 0 Å². The molecular formula is C19H21ClN2O2. The molecule has 126 valence electrons. The molecule has 1 aliphatic rings. The topological polar surface area (TPSA) is 41.6 Å². The Morgan fingerprint density at radius 2 is 1.83 bits per heavy atom. The first-order valence-electron chi connectivity index (χ1n) is 7.97. The van der Waals surface area contributed by atoms with Gasteiger partial charge in [0.15, 0.2) is 5.60 Å². The van der Waals surface area contributed by atoms with Crippen LogP contribution in [0, 0.1) is 0 Å². The molecule has 0 spiro atoms. The number of nitrogens with one attached hydrogen (secondary N) is 1. The first-order valence-corrected chi connectivity index (χ1v) is 8.35. The molecule has 1 heterocycles. The molecular weight excluding hydrogens is 324 g/mol. The highest BCUT2D eigenvalue weighted by Gasteiger charge is 2.47. The average Bonchev–Trinajstić information content (AvgIpc) is 2.59. The summed E-state index contributed by atoms with van der Waals surface area (Å²) in [6.07, 6.45) is 0. The predicted octanol–water partition coefficient (Wildman–Crippen LogP) is 3.74. The molecule has 2 aromatic rings. The number of para-hydroxylation sites is 1. The van der Waals surface area contributed by atoms with E-state index in [1.165, 1.54) is 0 Å². The van der Waals surface area contributed by atoms with Gasteiger partial charge >= 0.3 is 0 Å². The summed E-state index contributed by atoms with van der Waals surface area (Å²) in [5.74, 6) is -0.0304. The number of hydrogen-bond acceptors (Lipinski definition) is 3. The van der Waals surface area contributed by atoms with Crippen molar-refractivity contribution >= 4 is 23.2 Å². The van der Waals surface area contributed by atoms with E-state index >= 15 is 0 Å². The highest BCUT2D eigenvalue weighted by molar-refractivity contribution is 6.30. The van der Waals surface area contributed by atoms with Gasteiger partial charge in [-0.05, 0) is 36.8 Å². The second-order valence-electron chi connectivity index (χ2n) is 6.18. The van der Waals surface area contributed by atoms with E-state index in [1.807, 2.05) is 68.6 Å². The molecule has 0 radical (unpaired) electrons. The maximum Gasteiger partial charge on any atom is 0.256 e. The van der Waals surface area contributed by atoms with Crippen molar-refractivity contribution in [3.63, 3.8) is 0 Å². The summed E-state index contributed by atoms with van der Waals surface area (Å²) in [5.41, 5.74) is 0.897. The Hall–Kier alpha value is -2.04. The SMILES string of the molecule is CN1CCO[C@@](C)([C@H](Nc2ccccc2)c2ccc(Cl)cc2)C1=O. The molecule has 24 heavy (non-hydrogen) atoms. The van der Waals surface area contributed by atoms with E-state index in [0.29, 0.717) is 18.2 Å². The van der Waals surface area contributed by atoms with E-state index in [-0.39, 0.29) is 11.9 Å². The number of rotatable bonds is 4. The van der Waals surface area contributed by atoms with Crippen LogP contribution in [0.4, 0.5) is 5.69 Å². The number of morpholine rings is 1. The molecule has 0 aromatic heterocycles. The first-order chi connectivity index (χ1) is 11.5. The van der Waals surface area contributed by atoms with E-state index in [9.17, 15) is 4.79 Å². The van der Waals surface area contributed by atoms with Crippen LogP contribution in [0.5, 0.6) is 0 Å². The van der Waals surface area contributed by atoms with Gasteiger partial charge in [0.1, 0.15) is 0 Å². The lowest BCUT2D eigenvalue weighted by Gasteiger charge is -2.43. The number of benzene rings is 2. The monoisotopic (exact) mass is 344 g/mol. The fourth-order valence-corrected chi connectivity index (χ4v) is 3.17. The molecule has 1 aliphatic heterocycles. The van der Waals surface area contributed by atoms with E-state index in [1.54, 1.807) is 4.90 Å². The van der Waals surface area contributed by atoms with Crippen molar-refractivity contribution in [3.05, 3.63) is 65.2 Å². The predicted molar refractivity (Wildman–Crippen MR) is 96.3 cm³/mol. The Bertz CT molecular complexity index is 705. The van der Waals surface area contributed by atoms with Crippen molar-refractivity contribution in [1.82, 2.24) is 4.90 Å². The maximum atomic E-state index is 12.9. The molecule has 0 aliphatic carbocycles. The molecule has 5 heteroatoms. The summed E-state index contributed by atoms with van der Waals surface area (Å²) in [4.78, 5) is 14.6. The minimum absolute atomic E-state index is 0.0304. The molecule has 2 aromatic carbocycles. The number of amides is 1.